The number of nitrogens with zero attached hydrogens (tertiary/aromatic N) is 1. The first-order valence-corrected chi connectivity index (χ1v) is 9.81. The van der Waals surface area contributed by atoms with Gasteiger partial charge in [0.25, 0.3) is 0 Å². The van der Waals surface area contributed by atoms with Crippen LogP contribution >= 0.6 is 0 Å². The number of fused-ring (bicyclic) bond motifs is 1. The molecule has 3 nitrogen and oxygen atoms in total. The minimum absolute atomic E-state index is 0.256. The molecule has 2 aliphatic rings. The van der Waals surface area contributed by atoms with Crippen LogP contribution in [0.3, 0.4) is 0 Å². The molecule has 2 aromatic carbocycles. The average molecular weight is 336 g/mol. The molecule has 0 saturated carbocycles. The number of nitrogens with one attached hydrogen (secondary N) is 1. The van der Waals surface area contributed by atoms with Crippen LogP contribution in [0.4, 0.5) is 0 Å². The first kappa shape index (κ1) is 16.6. The van der Waals surface area contributed by atoms with Crippen LogP contribution in [0.5, 0.6) is 0 Å². The van der Waals surface area contributed by atoms with E-state index in [2.05, 4.69) is 52.7 Å². The van der Waals surface area contributed by atoms with Gasteiger partial charge < -0.3 is 10.2 Å². The largest absolute Gasteiger partial charge is 0.336 e. The van der Waals surface area contributed by atoms with Crippen LogP contribution in [0.1, 0.15) is 50.1 Å². The average Bonchev–Trinajstić information content (AvgIpc) is 3.16. The molecule has 132 valence electrons. The minimum Gasteiger partial charge on any atom is -0.336 e. The van der Waals surface area contributed by atoms with Crippen molar-refractivity contribution in [3.63, 3.8) is 0 Å². The highest BCUT2D eigenvalue weighted by Crippen LogP contribution is 2.36. The van der Waals surface area contributed by atoms with Gasteiger partial charge in [0, 0.05) is 13.0 Å². The number of piperidine rings is 1. The summed E-state index contributed by atoms with van der Waals surface area (Å²) in [5.41, 5.74) is 1.32. The Balaban J connectivity index is 1.48. The maximum absolute atomic E-state index is 12.9. The Morgan fingerprint density at radius 3 is 2.72 bits per heavy atom. The van der Waals surface area contributed by atoms with Crippen LogP contribution in [-0.2, 0) is 4.79 Å². The summed E-state index contributed by atoms with van der Waals surface area (Å²) < 4.78 is 0. The Kier molecular flexibility index (Phi) is 5.02. The summed E-state index contributed by atoms with van der Waals surface area (Å²) in [5.74, 6) is 1.08. The first-order valence-electron chi connectivity index (χ1n) is 9.81. The van der Waals surface area contributed by atoms with Gasteiger partial charge in [0.15, 0.2) is 0 Å². The second-order valence-corrected chi connectivity index (χ2v) is 7.55. The van der Waals surface area contributed by atoms with Crippen molar-refractivity contribution in [1.29, 1.82) is 0 Å². The van der Waals surface area contributed by atoms with E-state index in [0.29, 0.717) is 12.3 Å². The van der Waals surface area contributed by atoms with Crippen molar-refractivity contribution in [3.05, 3.63) is 48.0 Å². The third kappa shape index (κ3) is 3.57. The maximum Gasteiger partial charge on any atom is 0.223 e. The minimum atomic E-state index is 0.256. The van der Waals surface area contributed by atoms with Crippen molar-refractivity contribution >= 4 is 16.7 Å². The van der Waals surface area contributed by atoms with E-state index >= 15 is 0 Å². The van der Waals surface area contributed by atoms with Crippen LogP contribution in [0.15, 0.2) is 42.5 Å². The Labute approximate surface area is 150 Å². The van der Waals surface area contributed by atoms with Crippen LogP contribution in [0, 0.1) is 5.92 Å². The highest BCUT2D eigenvalue weighted by molar-refractivity contribution is 5.87. The standard InChI is InChI=1S/C22H28N2O/c25-22(11-10-17-12-14-23-15-13-17)24-16-4-9-21(24)20-8-3-6-18-5-1-2-7-19(18)20/h1-3,5-8,17,21,23H,4,9-16H2. The lowest BCUT2D eigenvalue weighted by atomic mass is 9.92. The number of benzene rings is 2. The van der Waals surface area contributed by atoms with E-state index in [1.807, 2.05) is 0 Å². The highest BCUT2D eigenvalue weighted by Gasteiger charge is 2.31. The molecule has 2 aromatic rings. The number of hydrogen-bond acceptors (Lipinski definition) is 2. The van der Waals surface area contributed by atoms with E-state index in [1.54, 1.807) is 0 Å². The summed E-state index contributed by atoms with van der Waals surface area (Å²) in [6.07, 6.45) is 6.42. The fourth-order valence-corrected chi connectivity index (χ4v) is 4.57. The molecular formula is C22H28N2O. The fraction of sp³-hybridized carbons (Fsp3) is 0.500. The molecule has 0 spiro atoms. The molecule has 1 unspecified atom stereocenters. The van der Waals surface area contributed by atoms with Gasteiger partial charge in [0.05, 0.1) is 6.04 Å². The van der Waals surface area contributed by atoms with Gasteiger partial charge in [0.2, 0.25) is 5.91 Å². The fourth-order valence-electron chi connectivity index (χ4n) is 4.57. The highest BCUT2D eigenvalue weighted by atomic mass is 16.2. The third-order valence-electron chi connectivity index (χ3n) is 5.98. The van der Waals surface area contributed by atoms with Crippen molar-refractivity contribution in [1.82, 2.24) is 10.2 Å². The van der Waals surface area contributed by atoms with Gasteiger partial charge in [-0.1, -0.05) is 42.5 Å². The van der Waals surface area contributed by atoms with E-state index in [4.69, 9.17) is 0 Å². The van der Waals surface area contributed by atoms with Gasteiger partial charge in [-0.15, -0.1) is 0 Å². The molecule has 1 N–H and O–H groups in total. The smallest absolute Gasteiger partial charge is 0.223 e. The SMILES string of the molecule is O=C(CCC1CCNCC1)N1CCCC1c1cccc2ccccc12. The van der Waals surface area contributed by atoms with Gasteiger partial charge >= 0.3 is 0 Å². The second kappa shape index (κ2) is 7.57. The first-order chi connectivity index (χ1) is 12.3. The summed E-state index contributed by atoms with van der Waals surface area (Å²) in [4.78, 5) is 15.1. The molecule has 0 radical (unpaired) electrons. The van der Waals surface area contributed by atoms with E-state index in [1.165, 1.54) is 29.2 Å². The van der Waals surface area contributed by atoms with E-state index in [-0.39, 0.29) is 6.04 Å². The monoisotopic (exact) mass is 336 g/mol. The predicted octanol–water partition coefficient (Wildman–Crippen LogP) is 4.28. The summed E-state index contributed by atoms with van der Waals surface area (Å²) in [6, 6.07) is 15.3. The van der Waals surface area contributed by atoms with Crippen LogP contribution in [0.2, 0.25) is 0 Å². The molecule has 0 aliphatic carbocycles. The molecule has 1 amide bonds. The Bertz CT molecular complexity index is 730. The van der Waals surface area contributed by atoms with Crippen LogP contribution < -0.4 is 5.32 Å². The predicted molar refractivity (Wildman–Crippen MR) is 102 cm³/mol. The van der Waals surface area contributed by atoms with Gasteiger partial charge in [-0.3, -0.25) is 4.79 Å². The molecule has 1 atom stereocenters. The molecule has 2 fully saturated rings. The summed E-state index contributed by atoms with van der Waals surface area (Å²) in [7, 11) is 0. The van der Waals surface area contributed by atoms with E-state index in [0.717, 1.165) is 44.8 Å². The molecule has 2 heterocycles. The topological polar surface area (TPSA) is 32.3 Å². The molecule has 2 aliphatic heterocycles. The Morgan fingerprint density at radius 1 is 1.04 bits per heavy atom. The maximum atomic E-state index is 12.9. The molecule has 3 heteroatoms. The number of hydrogen-bond donors (Lipinski definition) is 1. The van der Waals surface area contributed by atoms with E-state index in [9.17, 15) is 4.79 Å². The van der Waals surface area contributed by atoms with Crippen molar-refractivity contribution in [3.8, 4) is 0 Å². The lowest BCUT2D eigenvalue weighted by molar-refractivity contribution is -0.132. The second-order valence-electron chi connectivity index (χ2n) is 7.55. The number of amides is 1. The molecule has 2 saturated heterocycles. The molecule has 25 heavy (non-hydrogen) atoms. The number of likely N-dealkylation sites (tertiary alicyclic amines) is 1. The van der Waals surface area contributed by atoms with Crippen LogP contribution in [0.25, 0.3) is 10.8 Å². The van der Waals surface area contributed by atoms with Gasteiger partial charge in [-0.05, 0) is 67.4 Å². The summed E-state index contributed by atoms with van der Waals surface area (Å²) in [5, 5.41) is 5.98. The van der Waals surface area contributed by atoms with Crippen molar-refractivity contribution in [2.45, 2.75) is 44.6 Å². The Morgan fingerprint density at radius 2 is 1.84 bits per heavy atom. The third-order valence-corrected chi connectivity index (χ3v) is 5.98. The molecule has 0 bridgehead atoms. The lowest BCUT2D eigenvalue weighted by Crippen LogP contribution is -2.32. The van der Waals surface area contributed by atoms with Crippen LogP contribution in [-0.4, -0.2) is 30.4 Å². The quantitative estimate of drug-likeness (QED) is 0.903. The number of carbonyl (C=O) groups excluding carboxylic acids is 1. The van der Waals surface area contributed by atoms with E-state index < -0.39 is 0 Å². The Hall–Kier alpha value is -1.87. The number of rotatable bonds is 4. The molecule has 4 rings (SSSR count). The van der Waals surface area contributed by atoms with Crippen molar-refractivity contribution < 1.29 is 4.79 Å². The van der Waals surface area contributed by atoms with Crippen molar-refractivity contribution in [2.75, 3.05) is 19.6 Å². The molecular weight excluding hydrogens is 308 g/mol. The normalized spacial score (nSPS) is 21.8. The zero-order valence-electron chi connectivity index (χ0n) is 14.9. The zero-order chi connectivity index (χ0) is 17.1. The lowest BCUT2D eigenvalue weighted by Gasteiger charge is -2.28. The van der Waals surface area contributed by atoms with Gasteiger partial charge in [0.1, 0.15) is 0 Å². The molecule has 0 aromatic heterocycles. The van der Waals surface area contributed by atoms with Crippen molar-refractivity contribution in [2.24, 2.45) is 5.92 Å². The zero-order valence-corrected chi connectivity index (χ0v) is 14.9. The summed E-state index contributed by atoms with van der Waals surface area (Å²) >= 11 is 0. The van der Waals surface area contributed by atoms with Gasteiger partial charge in [-0.2, -0.15) is 0 Å². The number of carbonyl (C=O) groups is 1. The summed E-state index contributed by atoms with van der Waals surface area (Å²) in [6.45, 7) is 3.14. The van der Waals surface area contributed by atoms with Gasteiger partial charge in [-0.25, -0.2) is 0 Å².